The number of hydrogen-bond acceptors (Lipinski definition) is 2. The van der Waals surface area contributed by atoms with Crippen molar-refractivity contribution in [2.75, 3.05) is 13.6 Å². The zero-order chi connectivity index (χ0) is 12.9. The summed E-state index contributed by atoms with van der Waals surface area (Å²) in [6.45, 7) is 5.92. The van der Waals surface area contributed by atoms with Gasteiger partial charge in [-0.25, -0.2) is 0 Å². The summed E-state index contributed by atoms with van der Waals surface area (Å²) in [5.74, 6) is 0.326. The van der Waals surface area contributed by atoms with E-state index < -0.39 is 0 Å². The summed E-state index contributed by atoms with van der Waals surface area (Å²) in [6, 6.07) is 0.778. The molecule has 0 heterocycles. The summed E-state index contributed by atoms with van der Waals surface area (Å²) >= 11 is 0. The van der Waals surface area contributed by atoms with Crippen molar-refractivity contribution in [3.8, 4) is 0 Å². The maximum absolute atomic E-state index is 7.18. The maximum Gasteiger partial charge on any atom is 0.0905 e. The lowest BCUT2D eigenvalue weighted by Gasteiger charge is -2.38. The molecule has 0 radical (unpaired) electrons. The fourth-order valence-electron chi connectivity index (χ4n) is 2.68. The van der Waals surface area contributed by atoms with Gasteiger partial charge in [0.2, 0.25) is 0 Å². The van der Waals surface area contributed by atoms with Crippen LogP contribution in [-0.2, 0) is 0 Å². The molecule has 0 aromatic rings. The molecule has 1 rings (SSSR count). The molecule has 1 aliphatic rings. The molecule has 0 aromatic heterocycles. The number of unbranched alkanes of at least 4 members (excludes halogenated alkanes) is 1. The molecular formula is C14H29N3. The summed E-state index contributed by atoms with van der Waals surface area (Å²) in [5.41, 5.74) is 5.91. The smallest absolute Gasteiger partial charge is 0.0905 e. The average molecular weight is 239 g/mol. The van der Waals surface area contributed by atoms with E-state index in [0.29, 0.717) is 11.3 Å². The van der Waals surface area contributed by atoms with Crippen LogP contribution in [-0.4, -0.2) is 30.4 Å². The Kier molecular flexibility index (Phi) is 5.44. The van der Waals surface area contributed by atoms with Gasteiger partial charge in [0.15, 0.2) is 0 Å². The minimum atomic E-state index is 0.326. The van der Waals surface area contributed by atoms with Gasteiger partial charge >= 0.3 is 0 Å². The largest absolute Gasteiger partial charge is 0.388 e. The minimum absolute atomic E-state index is 0.326. The first-order valence-corrected chi connectivity index (χ1v) is 6.94. The number of nitrogens with one attached hydrogen (secondary N) is 1. The molecule has 0 spiro atoms. The van der Waals surface area contributed by atoms with Gasteiger partial charge < -0.3 is 10.6 Å². The standard InChI is InChI=1S/C14H29N3/c1-14(2)9-7-12(8-10-14)17(3)11-5-4-6-13(15)16/h12H,4-11H2,1-3H3,(H3,15,16). The number of hydrogen-bond donors (Lipinski definition) is 2. The van der Waals surface area contributed by atoms with Gasteiger partial charge in [-0.05, 0) is 57.5 Å². The monoisotopic (exact) mass is 239 g/mol. The lowest BCUT2D eigenvalue weighted by molar-refractivity contribution is 0.126. The van der Waals surface area contributed by atoms with E-state index >= 15 is 0 Å². The molecular weight excluding hydrogens is 210 g/mol. The molecule has 1 aliphatic carbocycles. The van der Waals surface area contributed by atoms with Crippen LogP contribution in [0.4, 0.5) is 0 Å². The number of nitrogens with two attached hydrogens (primary N) is 1. The number of amidine groups is 1. The van der Waals surface area contributed by atoms with E-state index in [-0.39, 0.29) is 0 Å². The zero-order valence-corrected chi connectivity index (χ0v) is 11.8. The molecule has 0 amide bonds. The van der Waals surface area contributed by atoms with Gasteiger partial charge in [-0.15, -0.1) is 0 Å². The van der Waals surface area contributed by atoms with Crippen LogP contribution in [0.1, 0.15) is 58.8 Å². The number of nitrogens with zero attached hydrogens (tertiary/aromatic N) is 1. The quantitative estimate of drug-likeness (QED) is 0.425. The molecule has 0 atom stereocenters. The minimum Gasteiger partial charge on any atom is -0.388 e. The Morgan fingerprint density at radius 2 is 1.88 bits per heavy atom. The zero-order valence-electron chi connectivity index (χ0n) is 11.8. The van der Waals surface area contributed by atoms with E-state index in [2.05, 4.69) is 25.8 Å². The van der Waals surface area contributed by atoms with Gasteiger partial charge in [-0.1, -0.05) is 13.8 Å². The van der Waals surface area contributed by atoms with Crippen LogP contribution in [0.2, 0.25) is 0 Å². The van der Waals surface area contributed by atoms with E-state index in [1.54, 1.807) is 0 Å². The van der Waals surface area contributed by atoms with E-state index in [1.807, 2.05) is 0 Å². The van der Waals surface area contributed by atoms with Gasteiger partial charge in [0.05, 0.1) is 5.84 Å². The van der Waals surface area contributed by atoms with E-state index in [9.17, 15) is 0 Å². The highest BCUT2D eigenvalue weighted by atomic mass is 15.1. The highest BCUT2D eigenvalue weighted by molar-refractivity contribution is 5.76. The third kappa shape index (κ3) is 5.53. The van der Waals surface area contributed by atoms with Gasteiger partial charge in [0.1, 0.15) is 0 Å². The van der Waals surface area contributed by atoms with Crippen molar-refractivity contribution in [2.45, 2.75) is 64.8 Å². The second kappa shape index (κ2) is 6.39. The van der Waals surface area contributed by atoms with Crippen molar-refractivity contribution in [2.24, 2.45) is 11.1 Å². The predicted octanol–water partition coefficient (Wildman–Crippen LogP) is 2.99. The third-order valence-corrected chi connectivity index (χ3v) is 4.14. The van der Waals surface area contributed by atoms with Crippen molar-refractivity contribution in [1.82, 2.24) is 4.90 Å². The summed E-state index contributed by atoms with van der Waals surface area (Å²) < 4.78 is 0. The molecule has 3 nitrogen and oxygen atoms in total. The fraction of sp³-hybridized carbons (Fsp3) is 0.929. The lowest BCUT2D eigenvalue weighted by Crippen LogP contribution is -2.37. The van der Waals surface area contributed by atoms with Crippen LogP contribution in [0.25, 0.3) is 0 Å². The lowest BCUT2D eigenvalue weighted by atomic mass is 9.75. The van der Waals surface area contributed by atoms with Crippen LogP contribution < -0.4 is 5.73 Å². The summed E-state index contributed by atoms with van der Waals surface area (Å²) in [4.78, 5) is 2.51. The highest BCUT2D eigenvalue weighted by Gasteiger charge is 2.28. The molecule has 0 aromatic carbocycles. The Balaban J connectivity index is 2.16. The molecule has 0 aliphatic heterocycles. The first-order valence-electron chi connectivity index (χ1n) is 6.94. The van der Waals surface area contributed by atoms with Crippen molar-refractivity contribution < 1.29 is 0 Å². The molecule has 17 heavy (non-hydrogen) atoms. The first kappa shape index (κ1) is 14.5. The maximum atomic E-state index is 7.18. The van der Waals surface area contributed by atoms with Crippen molar-refractivity contribution >= 4 is 5.84 Å². The molecule has 0 bridgehead atoms. The summed E-state index contributed by atoms with van der Waals surface area (Å²) in [5, 5.41) is 7.18. The molecule has 0 unspecified atom stereocenters. The predicted molar refractivity (Wildman–Crippen MR) is 74.4 cm³/mol. The Bertz CT molecular complexity index is 238. The fourth-order valence-corrected chi connectivity index (χ4v) is 2.68. The Morgan fingerprint density at radius 1 is 1.29 bits per heavy atom. The van der Waals surface area contributed by atoms with Crippen molar-refractivity contribution in [3.05, 3.63) is 0 Å². The molecule has 1 fully saturated rings. The van der Waals surface area contributed by atoms with E-state index in [1.165, 1.54) is 25.7 Å². The topological polar surface area (TPSA) is 53.1 Å². The Morgan fingerprint density at radius 3 is 2.41 bits per heavy atom. The Hall–Kier alpha value is -0.570. The van der Waals surface area contributed by atoms with Gasteiger partial charge in [-0.3, -0.25) is 5.41 Å². The van der Waals surface area contributed by atoms with Gasteiger partial charge in [0.25, 0.3) is 0 Å². The van der Waals surface area contributed by atoms with Crippen molar-refractivity contribution in [1.29, 1.82) is 5.41 Å². The molecule has 100 valence electrons. The third-order valence-electron chi connectivity index (χ3n) is 4.14. The van der Waals surface area contributed by atoms with Crippen LogP contribution in [0, 0.1) is 10.8 Å². The second-order valence-electron chi connectivity index (χ2n) is 6.36. The molecule has 0 saturated heterocycles. The molecule has 3 heteroatoms. The van der Waals surface area contributed by atoms with E-state index in [4.69, 9.17) is 11.1 Å². The SMILES string of the molecule is CN(CCCCC(=N)N)C1CCC(C)(C)CC1. The summed E-state index contributed by atoms with van der Waals surface area (Å²) in [6.07, 6.45) is 8.37. The van der Waals surface area contributed by atoms with Crippen LogP contribution in [0.15, 0.2) is 0 Å². The van der Waals surface area contributed by atoms with Crippen LogP contribution in [0.3, 0.4) is 0 Å². The number of rotatable bonds is 6. The molecule has 1 saturated carbocycles. The second-order valence-corrected chi connectivity index (χ2v) is 6.36. The van der Waals surface area contributed by atoms with Crippen LogP contribution in [0.5, 0.6) is 0 Å². The average Bonchev–Trinajstić information content (AvgIpc) is 2.23. The van der Waals surface area contributed by atoms with Crippen molar-refractivity contribution in [3.63, 3.8) is 0 Å². The first-order chi connectivity index (χ1) is 7.91. The van der Waals surface area contributed by atoms with Gasteiger partial charge in [0, 0.05) is 12.5 Å². The highest BCUT2D eigenvalue weighted by Crippen LogP contribution is 2.36. The van der Waals surface area contributed by atoms with Crippen LogP contribution >= 0.6 is 0 Å². The van der Waals surface area contributed by atoms with Gasteiger partial charge in [-0.2, -0.15) is 0 Å². The normalized spacial score (nSPS) is 20.7. The molecule has 3 N–H and O–H groups in total. The summed E-state index contributed by atoms with van der Waals surface area (Å²) in [7, 11) is 2.25. The van der Waals surface area contributed by atoms with E-state index in [0.717, 1.165) is 31.8 Å². The Labute approximate surface area is 106 Å².